The lowest BCUT2D eigenvalue weighted by molar-refractivity contribution is 0.308. The number of rotatable bonds is 3. The Balaban J connectivity index is 1.83. The Kier molecular flexibility index (Phi) is 3.60. The van der Waals surface area contributed by atoms with E-state index in [-0.39, 0.29) is 0 Å². The number of likely N-dealkylation sites (tertiary alicyclic amines) is 1. The van der Waals surface area contributed by atoms with Crippen molar-refractivity contribution in [1.82, 2.24) is 19.9 Å². The van der Waals surface area contributed by atoms with Gasteiger partial charge in [0.15, 0.2) is 5.75 Å². The second-order valence-electron chi connectivity index (χ2n) is 5.11. The van der Waals surface area contributed by atoms with Crippen LogP contribution in [0.3, 0.4) is 0 Å². The molecule has 0 saturated carbocycles. The number of pyridine rings is 1. The molecule has 20 heavy (non-hydrogen) atoms. The van der Waals surface area contributed by atoms with Crippen LogP contribution in [0.4, 0.5) is 0 Å². The summed E-state index contributed by atoms with van der Waals surface area (Å²) >= 11 is 0. The Morgan fingerprint density at radius 3 is 3.00 bits per heavy atom. The van der Waals surface area contributed by atoms with Crippen molar-refractivity contribution < 1.29 is 4.74 Å². The van der Waals surface area contributed by atoms with Crippen LogP contribution in [0.25, 0.3) is 0 Å². The summed E-state index contributed by atoms with van der Waals surface area (Å²) in [5, 5.41) is 0. The van der Waals surface area contributed by atoms with Crippen LogP contribution in [0.1, 0.15) is 30.3 Å². The Labute approximate surface area is 118 Å². The van der Waals surface area contributed by atoms with E-state index >= 15 is 0 Å². The molecule has 104 valence electrons. The van der Waals surface area contributed by atoms with Crippen LogP contribution in [0, 0.1) is 6.92 Å². The van der Waals surface area contributed by atoms with E-state index in [1.807, 2.05) is 25.3 Å². The van der Waals surface area contributed by atoms with Gasteiger partial charge in [0.25, 0.3) is 0 Å². The molecule has 0 spiro atoms. The molecule has 0 bridgehead atoms. The SMILES string of the molecule is Cc1ncccc1Oc1cncc([C@H]2CCCN2C)n1. The highest BCUT2D eigenvalue weighted by Crippen LogP contribution is 2.30. The van der Waals surface area contributed by atoms with Crippen LogP contribution >= 0.6 is 0 Å². The number of hydrogen-bond donors (Lipinski definition) is 0. The third kappa shape index (κ3) is 2.63. The maximum atomic E-state index is 5.79. The molecule has 1 saturated heterocycles. The first kappa shape index (κ1) is 13.0. The van der Waals surface area contributed by atoms with E-state index in [9.17, 15) is 0 Å². The summed E-state index contributed by atoms with van der Waals surface area (Å²) in [4.78, 5) is 15.4. The molecule has 5 nitrogen and oxygen atoms in total. The molecule has 0 amide bonds. The van der Waals surface area contributed by atoms with Crippen molar-refractivity contribution in [2.24, 2.45) is 0 Å². The van der Waals surface area contributed by atoms with Crippen LogP contribution in [-0.4, -0.2) is 33.4 Å². The fraction of sp³-hybridized carbons (Fsp3) is 0.400. The van der Waals surface area contributed by atoms with Gasteiger partial charge >= 0.3 is 0 Å². The topological polar surface area (TPSA) is 51.1 Å². The predicted octanol–water partition coefficient (Wildman–Crippen LogP) is 2.74. The van der Waals surface area contributed by atoms with E-state index in [4.69, 9.17) is 4.74 Å². The van der Waals surface area contributed by atoms with E-state index in [0.717, 1.165) is 30.1 Å². The number of ether oxygens (including phenoxy) is 1. The van der Waals surface area contributed by atoms with E-state index in [1.165, 1.54) is 6.42 Å². The first-order valence-electron chi connectivity index (χ1n) is 6.85. The maximum Gasteiger partial charge on any atom is 0.238 e. The smallest absolute Gasteiger partial charge is 0.238 e. The van der Waals surface area contributed by atoms with Gasteiger partial charge in [-0.05, 0) is 45.5 Å². The molecule has 3 heterocycles. The normalized spacial score (nSPS) is 19.2. The van der Waals surface area contributed by atoms with Gasteiger partial charge in [0.1, 0.15) is 0 Å². The Hall–Kier alpha value is -2.01. The molecule has 5 heteroatoms. The van der Waals surface area contributed by atoms with Crippen LogP contribution in [-0.2, 0) is 0 Å². The summed E-state index contributed by atoms with van der Waals surface area (Å²) in [7, 11) is 2.12. The van der Waals surface area contributed by atoms with Gasteiger partial charge in [-0.1, -0.05) is 0 Å². The van der Waals surface area contributed by atoms with E-state index in [1.54, 1.807) is 12.4 Å². The van der Waals surface area contributed by atoms with Crippen LogP contribution in [0.5, 0.6) is 11.6 Å². The third-order valence-corrected chi connectivity index (χ3v) is 3.67. The van der Waals surface area contributed by atoms with Crippen LogP contribution in [0.2, 0.25) is 0 Å². The molecule has 0 unspecified atom stereocenters. The van der Waals surface area contributed by atoms with Crippen LogP contribution in [0.15, 0.2) is 30.7 Å². The highest BCUT2D eigenvalue weighted by molar-refractivity contribution is 5.29. The lowest BCUT2D eigenvalue weighted by atomic mass is 10.1. The number of aryl methyl sites for hydroxylation is 1. The van der Waals surface area contributed by atoms with Crippen molar-refractivity contribution in [1.29, 1.82) is 0 Å². The van der Waals surface area contributed by atoms with Gasteiger partial charge < -0.3 is 4.74 Å². The maximum absolute atomic E-state index is 5.79. The first-order chi connectivity index (χ1) is 9.74. The molecular formula is C15H18N4O. The molecule has 2 aromatic heterocycles. The van der Waals surface area contributed by atoms with E-state index < -0.39 is 0 Å². The molecule has 1 atom stereocenters. The Bertz CT molecular complexity index is 602. The summed E-state index contributed by atoms with van der Waals surface area (Å²) in [6, 6.07) is 4.09. The largest absolute Gasteiger partial charge is 0.436 e. The molecule has 0 N–H and O–H groups in total. The Morgan fingerprint density at radius 2 is 2.25 bits per heavy atom. The van der Waals surface area contributed by atoms with E-state index in [2.05, 4.69) is 26.9 Å². The molecule has 0 aliphatic carbocycles. The average molecular weight is 270 g/mol. The minimum Gasteiger partial charge on any atom is -0.436 e. The average Bonchev–Trinajstić information content (AvgIpc) is 2.88. The molecule has 1 fully saturated rings. The number of hydrogen-bond acceptors (Lipinski definition) is 5. The molecule has 1 aliphatic rings. The van der Waals surface area contributed by atoms with Crippen molar-refractivity contribution in [2.45, 2.75) is 25.8 Å². The third-order valence-electron chi connectivity index (χ3n) is 3.67. The fourth-order valence-electron chi connectivity index (χ4n) is 2.55. The zero-order chi connectivity index (χ0) is 13.9. The van der Waals surface area contributed by atoms with Gasteiger partial charge in [0.2, 0.25) is 5.88 Å². The molecular weight excluding hydrogens is 252 g/mol. The van der Waals surface area contributed by atoms with Gasteiger partial charge in [0.05, 0.1) is 29.8 Å². The van der Waals surface area contributed by atoms with Crippen molar-refractivity contribution in [3.8, 4) is 11.6 Å². The van der Waals surface area contributed by atoms with Crippen molar-refractivity contribution in [3.63, 3.8) is 0 Å². The lowest BCUT2D eigenvalue weighted by Gasteiger charge is -2.18. The highest BCUT2D eigenvalue weighted by atomic mass is 16.5. The Morgan fingerprint density at radius 1 is 1.35 bits per heavy atom. The van der Waals surface area contributed by atoms with Gasteiger partial charge in [0, 0.05) is 6.20 Å². The fourth-order valence-corrected chi connectivity index (χ4v) is 2.55. The predicted molar refractivity (Wildman–Crippen MR) is 75.7 cm³/mol. The monoisotopic (exact) mass is 270 g/mol. The zero-order valence-electron chi connectivity index (χ0n) is 11.8. The minimum atomic E-state index is 0.348. The summed E-state index contributed by atoms with van der Waals surface area (Å²) in [6.07, 6.45) is 7.55. The molecule has 0 radical (unpaired) electrons. The molecule has 0 aromatic carbocycles. The summed E-state index contributed by atoms with van der Waals surface area (Å²) in [5.74, 6) is 1.25. The van der Waals surface area contributed by atoms with Gasteiger partial charge in [-0.25, -0.2) is 4.98 Å². The molecule has 2 aromatic rings. The summed E-state index contributed by atoms with van der Waals surface area (Å²) in [5.41, 5.74) is 1.82. The van der Waals surface area contributed by atoms with Crippen LogP contribution < -0.4 is 4.74 Å². The number of nitrogens with zero attached hydrogens (tertiary/aromatic N) is 4. The van der Waals surface area contributed by atoms with Crippen molar-refractivity contribution in [2.75, 3.05) is 13.6 Å². The lowest BCUT2D eigenvalue weighted by Crippen LogP contribution is -2.18. The van der Waals surface area contributed by atoms with Crippen molar-refractivity contribution in [3.05, 3.63) is 42.1 Å². The first-order valence-corrected chi connectivity index (χ1v) is 6.85. The molecule has 3 rings (SSSR count). The minimum absolute atomic E-state index is 0.348. The van der Waals surface area contributed by atoms with E-state index in [0.29, 0.717) is 11.9 Å². The quantitative estimate of drug-likeness (QED) is 0.858. The second-order valence-corrected chi connectivity index (χ2v) is 5.11. The van der Waals surface area contributed by atoms with Gasteiger partial charge in [-0.2, -0.15) is 0 Å². The molecule has 1 aliphatic heterocycles. The zero-order valence-corrected chi connectivity index (χ0v) is 11.8. The highest BCUT2D eigenvalue weighted by Gasteiger charge is 2.24. The summed E-state index contributed by atoms with van der Waals surface area (Å²) < 4.78 is 5.79. The number of aromatic nitrogens is 3. The van der Waals surface area contributed by atoms with Gasteiger partial charge in [-0.3, -0.25) is 14.9 Å². The second kappa shape index (κ2) is 5.54. The standard InChI is InChI=1S/C15H18N4O/c1-11-14(6-3-7-17-11)20-15-10-16-9-12(18-15)13-5-4-8-19(13)2/h3,6-7,9-10,13H,4-5,8H2,1-2H3/t13-/m1/s1. The van der Waals surface area contributed by atoms with Gasteiger partial charge in [-0.15, -0.1) is 0 Å². The van der Waals surface area contributed by atoms with Crippen molar-refractivity contribution >= 4 is 0 Å². The summed E-state index contributed by atoms with van der Waals surface area (Å²) in [6.45, 7) is 3.02.